The summed E-state index contributed by atoms with van der Waals surface area (Å²) in [4.78, 5) is 30.2. The van der Waals surface area contributed by atoms with Crippen LogP contribution in [-0.2, 0) is 16.9 Å². The van der Waals surface area contributed by atoms with Gasteiger partial charge in [-0.3, -0.25) is 9.59 Å². The minimum absolute atomic E-state index is 0.110. The predicted octanol–water partition coefficient (Wildman–Crippen LogP) is 5.28. The average Bonchev–Trinajstić information content (AvgIpc) is 3.11. The van der Waals surface area contributed by atoms with Gasteiger partial charge in [-0.05, 0) is 62.4 Å². The van der Waals surface area contributed by atoms with Gasteiger partial charge in [0.2, 0.25) is 0 Å². The molecule has 3 aromatic rings. The van der Waals surface area contributed by atoms with Gasteiger partial charge < -0.3 is 24.4 Å². The Morgan fingerprint density at radius 2 is 1.70 bits per heavy atom. The van der Waals surface area contributed by atoms with Crippen molar-refractivity contribution < 1.29 is 24.2 Å². The molecule has 7 nitrogen and oxygen atoms in total. The molecule has 0 spiro atoms. The fourth-order valence-corrected chi connectivity index (χ4v) is 5.08. The van der Waals surface area contributed by atoms with Crippen LogP contribution in [0.4, 0.5) is 5.69 Å². The van der Waals surface area contributed by atoms with Crippen LogP contribution in [0.3, 0.4) is 0 Å². The summed E-state index contributed by atoms with van der Waals surface area (Å²) in [5, 5.41) is 12.6. The molecule has 0 fully saturated rings. The van der Waals surface area contributed by atoms with Crippen LogP contribution in [-0.4, -0.2) is 49.1 Å². The molecule has 9 heteroatoms. The lowest BCUT2D eigenvalue weighted by atomic mass is 9.86. The van der Waals surface area contributed by atoms with E-state index in [0.717, 1.165) is 0 Å². The Morgan fingerprint density at radius 3 is 2.35 bits per heavy atom. The van der Waals surface area contributed by atoms with Crippen LogP contribution in [0, 0.1) is 0 Å². The van der Waals surface area contributed by atoms with Gasteiger partial charge in [0.05, 0.1) is 26.5 Å². The normalized spacial score (nSPS) is 16.5. The van der Waals surface area contributed by atoms with E-state index in [4.69, 9.17) is 32.7 Å². The number of hydrogen-bond donors (Lipinski definition) is 1. The Morgan fingerprint density at radius 1 is 0.973 bits per heavy atom. The smallest absolute Gasteiger partial charge is 0.268 e. The van der Waals surface area contributed by atoms with E-state index in [0.29, 0.717) is 46.4 Å². The Kier molecular flexibility index (Phi) is 7.69. The molecular weight excluding hydrogens is 515 g/mol. The Labute approximate surface area is 226 Å². The number of benzene rings is 3. The zero-order chi connectivity index (χ0) is 26.9. The molecule has 1 unspecified atom stereocenters. The molecule has 0 bridgehead atoms. The van der Waals surface area contributed by atoms with Crippen molar-refractivity contribution in [3.8, 4) is 11.5 Å². The number of fused-ring (bicyclic) bond motifs is 1. The van der Waals surface area contributed by atoms with E-state index in [2.05, 4.69) is 0 Å². The van der Waals surface area contributed by atoms with Crippen LogP contribution in [0.15, 0.2) is 54.6 Å². The maximum absolute atomic E-state index is 14.0. The van der Waals surface area contributed by atoms with Crippen molar-refractivity contribution in [3.63, 3.8) is 0 Å². The highest BCUT2D eigenvalue weighted by Gasteiger charge is 2.52. The van der Waals surface area contributed by atoms with E-state index in [1.54, 1.807) is 54.5 Å². The first-order valence-electron chi connectivity index (χ1n) is 11.8. The summed E-state index contributed by atoms with van der Waals surface area (Å²) < 4.78 is 10.8. The lowest BCUT2D eigenvalue weighted by Gasteiger charge is -2.26. The third-order valence-corrected chi connectivity index (χ3v) is 7.23. The molecule has 0 saturated heterocycles. The monoisotopic (exact) mass is 542 g/mol. The van der Waals surface area contributed by atoms with Gasteiger partial charge in [0, 0.05) is 51.5 Å². The molecule has 37 heavy (non-hydrogen) atoms. The Balaban J connectivity index is 1.84. The van der Waals surface area contributed by atoms with E-state index in [1.165, 1.54) is 24.1 Å². The van der Waals surface area contributed by atoms with Crippen molar-refractivity contribution in [1.82, 2.24) is 4.90 Å². The number of rotatable bonds is 8. The second-order valence-electron chi connectivity index (χ2n) is 8.61. The van der Waals surface area contributed by atoms with Crippen molar-refractivity contribution in [2.24, 2.45) is 0 Å². The number of hydrogen-bond acceptors (Lipinski definition) is 5. The molecule has 1 aliphatic rings. The molecule has 1 atom stereocenters. The quantitative estimate of drug-likeness (QED) is 0.419. The van der Waals surface area contributed by atoms with E-state index in [1.807, 2.05) is 13.8 Å². The third kappa shape index (κ3) is 4.63. The summed E-state index contributed by atoms with van der Waals surface area (Å²) in [6.07, 6.45) is 0. The van der Waals surface area contributed by atoms with Crippen molar-refractivity contribution in [2.45, 2.75) is 26.0 Å². The average molecular weight is 543 g/mol. The Bertz CT molecular complexity index is 1360. The molecule has 194 valence electrons. The Hall–Kier alpha value is -3.26. The second kappa shape index (κ2) is 10.6. The largest absolute Gasteiger partial charge is 0.497 e. The fraction of sp³-hybridized carbons (Fsp3) is 0.286. The molecule has 1 N–H and O–H groups in total. The topological polar surface area (TPSA) is 79.3 Å². The minimum Gasteiger partial charge on any atom is -0.497 e. The number of amides is 2. The highest BCUT2D eigenvalue weighted by Crippen LogP contribution is 2.48. The van der Waals surface area contributed by atoms with E-state index in [-0.39, 0.29) is 28.6 Å². The third-order valence-electron chi connectivity index (χ3n) is 6.67. The van der Waals surface area contributed by atoms with Crippen LogP contribution >= 0.6 is 23.2 Å². The highest BCUT2D eigenvalue weighted by atomic mass is 35.5. The molecule has 0 aliphatic carbocycles. The number of aliphatic hydroxyl groups is 1. The fourth-order valence-electron chi connectivity index (χ4n) is 4.65. The number of nitrogens with zero attached hydrogens (tertiary/aromatic N) is 2. The van der Waals surface area contributed by atoms with Gasteiger partial charge in [0.25, 0.3) is 11.8 Å². The summed E-state index contributed by atoms with van der Waals surface area (Å²) in [7, 11) is 3.09. The van der Waals surface area contributed by atoms with Gasteiger partial charge in [0.15, 0.2) is 5.60 Å². The van der Waals surface area contributed by atoms with E-state index >= 15 is 0 Å². The molecule has 1 aliphatic heterocycles. The maximum Gasteiger partial charge on any atom is 0.268 e. The van der Waals surface area contributed by atoms with Crippen LogP contribution in [0.25, 0.3) is 0 Å². The van der Waals surface area contributed by atoms with Crippen LogP contribution in [0.5, 0.6) is 11.5 Å². The standard InChI is InChI=1S/C28H28Cl2N2O5/c1-5-31(6-2)26(33)17-8-11-23(30)21(13-17)28(35)22-14-19(29)9-12-24(22)32(27(28)34)16-18-7-10-20(36-3)15-25(18)37-4/h7-15,35H,5-6,16H2,1-4H3. The van der Waals surface area contributed by atoms with Gasteiger partial charge in [-0.25, -0.2) is 0 Å². The molecule has 0 radical (unpaired) electrons. The number of carbonyl (C=O) groups excluding carboxylic acids is 2. The number of methoxy groups -OCH3 is 2. The predicted molar refractivity (Wildman–Crippen MR) is 144 cm³/mol. The van der Waals surface area contributed by atoms with Crippen LogP contribution < -0.4 is 14.4 Å². The van der Waals surface area contributed by atoms with Gasteiger partial charge in [-0.2, -0.15) is 0 Å². The SMILES string of the molecule is CCN(CC)C(=O)c1ccc(Cl)c(C2(O)C(=O)N(Cc3ccc(OC)cc3OC)c3ccc(Cl)cc32)c1. The van der Waals surface area contributed by atoms with Crippen molar-refractivity contribution in [2.75, 3.05) is 32.2 Å². The lowest BCUT2D eigenvalue weighted by Crippen LogP contribution is -2.41. The first-order valence-corrected chi connectivity index (χ1v) is 12.6. The van der Waals surface area contributed by atoms with Crippen LogP contribution in [0.2, 0.25) is 10.0 Å². The molecule has 0 aromatic heterocycles. The number of anilines is 1. The number of ether oxygens (including phenoxy) is 2. The van der Waals surface area contributed by atoms with E-state index in [9.17, 15) is 14.7 Å². The zero-order valence-electron chi connectivity index (χ0n) is 21.0. The molecule has 2 amide bonds. The van der Waals surface area contributed by atoms with Gasteiger partial charge >= 0.3 is 0 Å². The van der Waals surface area contributed by atoms with Crippen LogP contribution in [0.1, 0.15) is 40.9 Å². The first kappa shape index (κ1) is 26.8. The van der Waals surface area contributed by atoms with Gasteiger partial charge in [-0.15, -0.1) is 0 Å². The number of carbonyl (C=O) groups is 2. The van der Waals surface area contributed by atoms with Gasteiger partial charge in [0.1, 0.15) is 11.5 Å². The van der Waals surface area contributed by atoms with Gasteiger partial charge in [-0.1, -0.05) is 23.2 Å². The zero-order valence-corrected chi connectivity index (χ0v) is 22.6. The molecule has 0 saturated carbocycles. The molecular formula is C28H28Cl2N2O5. The summed E-state index contributed by atoms with van der Waals surface area (Å²) in [6.45, 7) is 4.92. The van der Waals surface area contributed by atoms with Crippen molar-refractivity contribution in [1.29, 1.82) is 0 Å². The molecule has 4 rings (SSSR count). The summed E-state index contributed by atoms with van der Waals surface area (Å²) in [5.41, 5.74) is -0.249. The molecule has 1 heterocycles. The number of halogens is 2. The summed E-state index contributed by atoms with van der Waals surface area (Å²) >= 11 is 12.9. The second-order valence-corrected chi connectivity index (χ2v) is 9.46. The van der Waals surface area contributed by atoms with Crippen molar-refractivity contribution in [3.05, 3.63) is 86.9 Å². The summed E-state index contributed by atoms with van der Waals surface area (Å²) in [6, 6.07) is 14.8. The van der Waals surface area contributed by atoms with Crippen molar-refractivity contribution >= 4 is 40.7 Å². The first-order chi connectivity index (χ1) is 17.7. The minimum atomic E-state index is -2.16. The highest BCUT2D eigenvalue weighted by molar-refractivity contribution is 6.33. The maximum atomic E-state index is 14.0. The lowest BCUT2D eigenvalue weighted by molar-refractivity contribution is -0.132. The summed E-state index contributed by atoms with van der Waals surface area (Å²) in [5.74, 6) is 0.307. The molecule has 3 aromatic carbocycles. The van der Waals surface area contributed by atoms with E-state index < -0.39 is 11.5 Å².